The van der Waals surface area contributed by atoms with Gasteiger partial charge >= 0.3 is 5.97 Å². The number of nitriles is 1. The summed E-state index contributed by atoms with van der Waals surface area (Å²) in [5.74, 6) is -0.267. The minimum absolute atomic E-state index is 0.0226. The highest BCUT2D eigenvalue weighted by atomic mass is 32.1. The minimum Gasteiger partial charge on any atom is -0.504 e. The van der Waals surface area contributed by atoms with Gasteiger partial charge in [0.2, 0.25) is 0 Å². The van der Waals surface area contributed by atoms with Gasteiger partial charge in [-0.1, -0.05) is 19.4 Å². The summed E-state index contributed by atoms with van der Waals surface area (Å²) in [4.78, 5) is 26.8. The van der Waals surface area contributed by atoms with Crippen LogP contribution in [0.2, 0.25) is 0 Å². The molecule has 1 heterocycles. The van der Waals surface area contributed by atoms with Gasteiger partial charge in [0.05, 0.1) is 18.8 Å². The maximum atomic E-state index is 13.0. The lowest BCUT2D eigenvalue weighted by molar-refractivity contribution is -0.112. The van der Waals surface area contributed by atoms with Gasteiger partial charge in [-0.05, 0) is 68.4 Å². The van der Waals surface area contributed by atoms with E-state index in [9.17, 15) is 20.0 Å². The van der Waals surface area contributed by atoms with E-state index in [1.54, 1.807) is 26.0 Å². The van der Waals surface area contributed by atoms with Crippen molar-refractivity contribution in [3.05, 3.63) is 45.3 Å². The fourth-order valence-corrected chi connectivity index (χ4v) is 5.23. The summed E-state index contributed by atoms with van der Waals surface area (Å²) in [5.41, 5.74) is 1.75. The Balaban J connectivity index is 1.91. The molecule has 0 spiro atoms. The Hall–Kier alpha value is -3.31. The second-order valence-corrected chi connectivity index (χ2v) is 8.83. The van der Waals surface area contributed by atoms with E-state index in [1.807, 2.05) is 6.07 Å². The van der Waals surface area contributed by atoms with Crippen LogP contribution in [0.25, 0.3) is 6.08 Å². The molecule has 1 aromatic heterocycles. The van der Waals surface area contributed by atoms with Gasteiger partial charge in [0.25, 0.3) is 5.91 Å². The third-order valence-electron chi connectivity index (χ3n) is 5.61. The molecule has 174 valence electrons. The van der Waals surface area contributed by atoms with Crippen LogP contribution in [-0.2, 0) is 22.4 Å². The first kappa shape index (κ1) is 24.3. The molecule has 1 aromatic carbocycles. The molecule has 0 aliphatic heterocycles. The Morgan fingerprint density at radius 1 is 1.30 bits per heavy atom. The van der Waals surface area contributed by atoms with Crippen molar-refractivity contribution in [2.24, 2.45) is 5.92 Å². The molecule has 1 aliphatic carbocycles. The number of hydrogen-bond donors (Lipinski definition) is 2. The Kier molecular flexibility index (Phi) is 8.12. The van der Waals surface area contributed by atoms with Gasteiger partial charge in [-0.15, -0.1) is 11.3 Å². The lowest BCUT2D eigenvalue weighted by Gasteiger charge is -2.20. The maximum Gasteiger partial charge on any atom is 0.341 e. The van der Waals surface area contributed by atoms with Crippen LogP contribution in [0.1, 0.15) is 60.0 Å². The first-order valence-corrected chi connectivity index (χ1v) is 11.9. The second kappa shape index (κ2) is 11.0. The number of carbonyl (C=O) groups is 2. The summed E-state index contributed by atoms with van der Waals surface area (Å²) in [7, 11) is 0. The zero-order chi connectivity index (χ0) is 24.0. The highest BCUT2D eigenvalue weighted by molar-refractivity contribution is 7.17. The van der Waals surface area contributed by atoms with E-state index in [0.29, 0.717) is 28.7 Å². The summed E-state index contributed by atoms with van der Waals surface area (Å²) in [6.07, 6.45) is 5.11. The van der Waals surface area contributed by atoms with E-state index in [0.717, 1.165) is 36.1 Å². The molecule has 8 heteroatoms. The summed E-state index contributed by atoms with van der Waals surface area (Å²) < 4.78 is 10.6. The van der Waals surface area contributed by atoms with Crippen LogP contribution in [-0.4, -0.2) is 30.2 Å². The number of phenolic OH excluding ortho intramolecular Hbond substituents is 1. The number of nitrogens with one attached hydrogen (secondary N) is 1. The molecular weight excluding hydrogens is 440 g/mol. The number of nitrogens with zero attached hydrogens (tertiary/aromatic N) is 1. The summed E-state index contributed by atoms with van der Waals surface area (Å²) in [5, 5.41) is 22.7. The molecule has 0 saturated heterocycles. The summed E-state index contributed by atoms with van der Waals surface area (Å²) >= 11 is 1.39. The second-order valence-electron chi connectivity index (χ2n) is 7.73. The molecule has 0 radical (unpaired) electrons. The molecule has 7 nitrogen and oxygen atoms in total. The van der Waals surface area contributed by atoms with Crippen molar-refractivity contribution in [3.8, 4) is 17.6 Å². The average Bonchev–Trinajstić information content (AvgIpc) is 3.16. The Bertz CT molecular complexity index is 1110. The number of anilines is 1. The molecule has 0 fully saturated rings. The van der Waals surface area contributed by atoms with Gasteiger partial charge in [-0.3, -0.25) is 4.79 Å². The number of phenols is 1. The Morgan fingerprint density at radius 2 is 2.09 bits per heavy atom. The van der Waals surface area contributed by atoms with Crippen LogP contribution >= 0.6 is 11.3 Å². The van der Waals surface area contributed by atoms with E-state index in [1.165, 1.54) is 23.5 Å². The molecule has 2 aromatic rings. The van der Waals surface area contributed by atoms with Crippen LogP contribution < -0.4 is 10.1 Å². The zero-order valence-corrected chi connectivity index (χ0v) is 19.9. The van der Waals surface area contributed by atoms with E-state index >= 15 is 0 Å². The fraction of sp³-hybridized carbons (Fsp3) is 0.400. The zero-order valence-electron chi connectivity index (χ0n) is 19.1. The molecule has 1 amide bonds. The topological polar surface area (TPSA) is 109 Å². The summed E-state index contributed by atoms with van der Waals surface area (Å²) in [6, 6.07) is 6.51. The Labute approximate surface area is 197 Å². The number of rotatable bonds is 8. The lowest BCUT2D eigenvalue weighted by Crippen LogP contribution is -2.17. The normalized spacial score (nSPS) is 15.3. The number of ether oxygens (including phenoxy) is 2. The van der Waals surface area contributed by atoms with Crippen molar-refractivity contribution in [2.45, 2.75) is 46.5 Å². The van der Waals surface area contributed by atoms with Crippen molar-refractivity contribution < 1.29 is 24.2 Å². The van der Waals surface area contributed by atoms with E-state index in [4.69, 9.17) is 9.47 Å². The predicted octanol–water partition coefficient (Wildman–Crippen LogP) is 5.09. The van der Waals surface area contributed by atoms with Crippen LogP contribution in [0.5, 0.6) is 11.5 Å². The van der Waals surface area contributed by atoms with Crippen molar-refractivity contribution in [1.29, 1.82) is 5.26 Å². The number of amides is 1. The number of hydrogen-bond acceptors (Lipinski definition) is 7. The van der Waals surface area contributed by atoms with Gasteiger partial charge in [0.1, 0.15) is 16.6 Å². The fourth-order valence-electron chi connectivity index (χ4n) is 3.89. The molecule has 0 saturated carbocycles. The van der Waals surface area contributed by atoms with Crippen molar-refractivity contribution >= 4 is 34.3 Å². The maximum absolute atomic E-state index is 13.0. The number of esters is 1. The third kappa shape index (κ3) is 5.55. The lowest BCUT2D eigenvalue weighted by atomic mass is 9.85. The van der Waals surface area contributed by atoms with Crippen molar-refractivity contribution in [1.82, 2.24) is 0 Å². The first-order valence-electron chi connectivity index (χ1n) is 11.1. The van der Waals surface area contributed by atoms with Gasteiger partial charge in [0.15, 0.2) is 11.5 Å². The van der Waals surface area contributed by atoms with Gasteiger partial charge in [-0.25, -0.2) is 4.79 Å². The molecule has 1 atom stereocenters. The molecule has 1 aliphatic rings. The average molecular weight is 469 g/mol. The number of benzene rings is 1. The smallest absolute Gasteiger partial charge is 0.341 e. The first-order chi connectivity index (χ1) is 15.9. The van der Waals surface area contributed by atoms with Gasteiger partial charge < -0.3 is 19.9 Å². The predicted molar refractivity (Wildman–Crippen MR) is 128 cm³/mol. The molecule has 1 unspecified atom stereocenters. The largest absolute Gasteiger partial charge is 0.504 e. The number of thiophene rings is 1. The third-order valence-corrected chi connectivity index (χ3v) is 6.78. The van der Waals surface area contributed by atoms with Crippen molar-refractivity contribution in [3.63, 3.8) is 0 Å². The molecule has 2 N–H and O–H groups in total. The standard InChI is InChI=1S/C25H28N2O5S/c1-4-15-7-9-18-21(13-15)33-24(22(18)25(30)32-6-3)27-23(29)17(14-26)11-16-8-10-19(28)20(12-16)31-5-2/h8,10-12,15,28H,4-7,9,13H2,1-3H3,(H,27,29)/b17-11+. The van der Waals surface area contributed by atoms with Crippen LogP contribution in [0.3, 0.4) is 0 Å². The molecule has 33 heavy (non-hydrogen) atoms. The van der Waals surface area contributed by atoms with E-state index in [2.05, 4.69) is 12.2 Å². The van der Waals surface area contributed by atoms with Crippen molar-refractivity contribution in [2.75, 3.05) is 18.5 Å². The molecule has 3 rings (SSSR count). The van der Waals surface area contributed by atoms with Crippen LogP contribution in [0.4, 0.5) is 5.00 Å². The monoisotopic (exact) mass is 468 g/mol. The molecular formula is C25H28N2O5S. The molecule has 0 bridgehead atoms. The number of fused-ring (bicyclic) bond motifs is 1. The minimum atomic E-state index is -0.611. The van der Waals surface area contributed by atoms with E-state index in [-0.39, 0.29) is 23.7 Å². The van der Waals surface area contributed by atoms with Gasteiger partial charge in [0, 0.05) is 4.88 Å². The van der Waals surface area contributed by atoms with Crippen LogP contribution in [0.15, 0.2) is 23.8 Å². The SMILES string of the molecule is CCOC(=O)c1c(NC(=O)/C(C#N)=C/c2ccc(O)c(OCC)c2)sc2c1CCC(CC)C2. The van der Waals surface area contributed by atoms with Gasteiger partial charge in [-0.2, -0.15) is 5.26 Å². The highest BCUT2D eigenvalue weighted by Gasteiger charge is 2.30. The van der Waals surface area contributed by atoms with E-state index < -0.39 is 11.9 Å². The number of aromatic hydroxyl groups is 1. The van der Waals surface area contributed by atoms with Crippen LogP contribution in [0, 0.1) is 17.2 Å². The highest BCUT2D eigenvalue weighted by Crippen LogP contribution is 2.41. The Morgan fingerprint density at radius 3 is 2.76 bits per heavy atom. The number of carbonyl (C=O) groups excluding carboxylic acids is 2. The summed E-state index contributed by atoms with van der Waals surface area (Å²) in [6.45, 7) is 6.29. The quantitative estimate of drug-likeness (QED) is 0.317.